The van der Waals surface area contributed by atoms with E-state index in [-0.39, 0.29) is 37.5 Å². The van der Waals surface area contributed by atoms with Crippen LogP contribution in [-0.2, 0) is 28.6 Å². The SMILES string of the molecule is CC/C=C\C/C=C\C/C=C\C/C=C\C/C=C\CCCC(=O)OC(COC(=O)CCCCCCC/C=C\CCCCCCCC)COC(=O)CCCCCCCCCCCCCCCCCCCCCCCCCCC. The normalized spacial score (nSPS) is 12.5. The topological polar surface area (TPSA) is 78.9 Å². The first kappa shape index (κ1) is 71.8. The van der Waals surface area contributed by atoms with Crippen molar-refractivity contribution in [1.29, 1.82) is 0 Å². The third-order valence-corrected chi connectivity index (χ3v) is 14.2. The number of carbonyl (C=O) groups excluding carboxylic acids is 3. The molecule has 0 aliphatic heterocycles. The molecule has 6 heteroatoms. The lowest BCUT2D eigenvalue weighted by Gasteiger charge is -2.18. The van der Waals surface area contributed by atoms with Gasteiger partial charge in [0.15, 0.2) is 6.10 Å². The van der Waals surface area contributed by atoms with Gasteiger partial charge < -0.3 is 14.2 Å². The lowest BCUT2D eigenvalue weighted by Crippen LogP contribution is -2.30. The number of carbonyl (C=O) groups is 3. The summed E-state index contributed by atoms with van der Waals surface area (Å²) in [6.45, 7) is 6.51. The Balaban J connectivity index is 4.34. The summed E-state index contributed by atoms with van der Waals surface area (Å²) in [5.41, 5.74) is 0. The lowest BCUT2D eigenvalue weighted by atomic mass is 10.0. The zero-order valence-electron chi connectivity index (χ0n) is 49.8. The summed E-state index contributed by atoms with van der Waals surface area (Å²) in [5, 5.41) is 0. The monoisotopic (exact) mass is 1050 g/mol. The Hall–Kier alpha value is -3.15. The Bertz CT molecular complexity index is 1390. The molecule has 75 heavy (non-hydrogen) atoms. The minimum Gasteiger partial charge on any atom is -0.462 e. The first-order valence-electron chi connectivity index (χ1n) is 32.4. The molecule has 0 aromatic heterocycles. The van der Waals surface area contributed by atoms with Gasteiger partial charge in [-0.3, -0.25) is 14.4 Å². The number of hydrogen-bond acceptors (Lipinski definition) is 6. The van der Waals surface area contributed by atoms with Gasteiger partial charge in [-0.2, -0.15) is 0 Å². The molecular weight excluding hydrogens is 925 g/mol. The molecule has 0 heterocycles. The number of ether oxygens (including phenoxy) is 3. The molecule has 0 saturated heterocycles. The van der Waals surface area contributed by atoms with Gasteiger partial charge in [0.1, 0.15) is 13.2 Å². The van der Waals surface area contributed by atoms with Gasteiger partial charge in [0, 0.05) is 19.3 Å². The summed E-state index contributed by atoms with van der Waals surface area (Å²) in [6.07, 6.45) is 82.1. The molecule has 0 bridgehead atoms. The zero-order chi connectivity index (χ0) is 54.3. The van der Waals surface area contributed by atoms with Gasteiger partial charge in [0.2, 0.25) is 0 Å². The Morgan fingerprint density at radius 3 is 0.867 bits per heavy atom. The molecule has 0 aliphatic rings. The summed E-state index contributed by atoms with van der Waals surface area (Å²) in [4.78, 5) is 38.3. The summed E-state index contributed by atoms with van der Waals surface area (Å²) >= 11 is 0. The quantitative estimate of drug-likeness (QED) is 0.0261. The van der Waals surface area contributed by atoms with E-state index in [1.54, 1.807) is 0 Å². The molecule has 0 amide bonds. The van der Waals surface area contributed by atoms with E-state index in [1.165, 1.54) is 199 Å². The molecule has 0 saturated carbocycles. The number of allylic oxidation sites excluding steroid dienone is 12. The summed E-state index contributed by atoms with van der Waals surface area (Å²) < 4.78 is 16.9. The summed E-state index contributed by atoms with van der Waals surface area (Å²) in [7, 11) is 0. The fourth-order valence-corrected chi connectivity index (χ4v) is 9.36. The van der Waals surface area contributed by atoms with Gasteiger partial charge in [0.05, 0.1) is 0 Å². The highest BCUT2D eigenvalue weighted by atomic mass is 16.6. The van der Waals surface area contributed by atoms with Crippen LogP contribution < -0.4 is 0 Å². The fourth-order valence-electron chi connectivity index (χ4n) is 9.36. The van der Waals surface area contributed by atoms with Gasteiger partial charge in [-0.05, 0) is 83.5 Å². The lowest BCUT2D eigenvalue weighted by molar-refractivity contribution is -0.167. The van der Waals surface area contributed by atoms with E-state index in [4.69, 9.17) is 14.2 Å². The van der Waals surface area contributed by atoms with Gasteiger partial charge in [0.25, 0.3) is 0 Å². The highest BCUT2D eigenvalue weighted by Crippen LogP contribution is 2.17. The number of esters is 3. The first-order chi connectivity index (χ1) is 37.0. The zero-order valence-corrected chi connectivity index (χ0v) is 49.8. The van der Waals surface area contributed by atoms with Crippen LogP contribution in [0.25, 0.3) is 0 Å². The van der Waals surface area contributed by atoms with Crippen LogP contribution in [0.4, 0.5) is 0 Å². The molecular formula is C69H122O6. The van der Waals surface area contributed by atoms with Crippen LogP contribution in [0.3, 0.4) is 0 Å². The van der Waals surface area contributed by atoms with E-state index in [1.807, 2.05) is 0 Å². The largest absolute Gasteiger partial charge is 0.462 e. The van der Waals surface area contributed by atoms with Gasteiger partial charge in [-0.15, -0.1) is 0 Å². The minimum absolute atomic E-state index is 0.0977. The molecule has 1 atom stereocenters. The predicted octanol–water partition coefficient (Wildman–Crippen LogP) is 22.1. The minimum atomic E-state index is -0.808. The van der Waals surface area contributed by atoms with Crippen molar-refractivity contribution in [2.75, 3.05) is 13.2 Å². The maximum Gasteiger partial charge on any atom is 0.306 e. The van der Waals surface area contributed by atoms with Crippen LogP contribution in [0.5, 0.6) is 0 Å². The van der Waals surface area contributed by atoms with Gasteiger partial charge >= 0.3 is 17.9 Å². The molecule has 0 aromatic rings. The van der Waals surface area contributed by atoms with Crippen LogP contribution in [0.2, 0.25) is 0 Å². The maximum atomic E-state index is 12.9. The highest BCUT2D eigenvalue weighted by molar-refractivity contribution is 5.71. The van der Waals surface area contributed by atoms with E-state index < -0.39 is 6.10 Å². The van der Waals surface area contributed by atoms with Crippen LogP contribution in [0, 0.1) is 0 Å². The average molecular weight is 1050 g/mol. The van der Waals surface area contributed by atoms with Crippen LogP contribution in [0.1, 0.15) is 329 Å². The van der Waals surface area contributed by atoms with Crippen molar-refractivity contribution in [3.63, 3.8) is 0 Å². The fraction of sp³-hybridized carbons (Fsp3) is 0.783. The first-order valence-corrected chi connectivity index (χ1v) is 32.4. The molecule has 1 unspecified atom stereocenters. The molecule has 0 fully saturated rings. The number of unbranched alkanes of at least 4 members (excludes halogenated alkanes) is 36. The molecule has 0 rings (SSSR count). The van der Waals surface area contributed by atoms with Crippen molar-refractivity contribution in [1.82, 2.24) is 0 Å². The van der Waals surface area contributed by atoms with Crippen molar-refractivity contribution < 1.29 is 28.6 Å². The van der Waals surface area contributed by atoms with E-state index >= 15 is 0 Å². The summed E-state index contributed by atoms with van der Waals surface area (Å²) in [5.74, 6) is -0.950. The Kier molecular flexibility index (Phi) is 60.7. The van der Waals surface area contributed by atoms with Crippen molar-refractivity contribution in [3.8, 4) is 0 Å². The van der Waals surface area contributed by atoms with E-state index in [0.29, 0.717) is 19.3 Å². The second-order valence-corrected chi connectivity index (χ2v) is 21.6. The molecule has 6 nitrogen and oxygen atoms in total. The summed E-state index contributed by atoms with van der Waals surface area (Å²) in [6, 6.07) is 0. The predicted molar refractivity (Wildman–Crippen MR) is 325 cm³/mol. The van der Waals surface area contributed by atoms with Crippen molar-refractivity contribution in [2.24, 2.45) is 0 Å². The maximum absolute atomic E-state index is 12.9. The molecule has 0 radical (unpaired) electrons. The van der Waals surface area contributed by atoms with Gasteiger partial charge in [-0.25, -0.2) is 0 Å². The Morgan fingerprint density at radius 2 is 0.533 bits per heavy atom. The second-order valence-electron chi connectivity index (χ2n) is 21.6. The third kappa shape index (κ3) is 61.6. The van der Waals surface area contributed by atoms with E-state index in [9.17, 15) is 14.4 Å². The van der Waals surface area contributed by atoms with E-state index in [0.717, 1.165) is 83.5 Å². The smallest absolute Gasteiger partial charge is 0.306 e. The number of rotatable bonds is 59. The standard InChI is InChI=1S/C69H122O6/c1-4-7-10-13-16-19-22-25-28-30-31-32-33-34-35-36-37-39-41-44-47-50-53-56-59-62-68(71)74-65-66(64-73-67(70)61-58-55-52-49-46-43-40-27-24-21-18-15-12-9-6-3)75-69(72)63-60-57-54-51-48-45-42-38-29-26-23-20-17-14-11-8-5-2/h8,11,17,20,26-27,29,40,42,45,51,54,66H,4-7,9-10,12-16,18-19,21-25,28,30-39,41,43-44,46-50,52-53,55-65H2,1-3H3/b11-8-,20-17-,29-26-,40-27-,45-42-,54-51-. The van der Waals surface area contributed by atoms with Gasteiger partial charge in [-0.1, -0.05) is 299 Å². The second kappa shape index (κ2) is 63.4. The van der Waals surface area contributed by atoms with Crippen molar-refractivity contribution >= 4 is 17.9 Å². The van der Waals surface area contributed by atoms with Crippen LogP contribution >= 0.6 is 0 Å². The molecule has 0 spiro atoms. The molecule has 0 aliphatic carbocycles. The highest BCUT2D eigenvalue weighted by Gasteiger charge is 2.19. The Labute approximate surface area is 465 Å². The molecule has 434 valence electrons. The molecule has 0 N–H and O–H groups in total. The average Bonchev–Trinajstić information content (AvgIpc) is 3.41. The van der Waals surface area contributed by atoms with Crippen LogP contribution in [-0.4, -0.2) is 37.2 Å². The van der Waals surface area contributed by atoms with Crippen LogP contribution in [0.15, 0.2) is 72.9 Å². The third-order valence-electron chi connectivity index (χ3n) is 14.2. The Morgan fingerprint density at radius 1 is 0.280 bits per heavy atom. The number of hydrogen-bond donors (Lipinski definition) is 0. The molecule has 0 aromatic carbocycles. The van der Waals surface area contributed by atoms with Crippen molar-refractivity contribution in [3.05, 3.63) is 72.9 Å². The van der Waals surface area contributed by atoms with Crippen molar-refractivity contribution in [2.45, 2.75) is 335 Å². The van der Waals surface area contributed by atoms with E-state index in [2.05, 4.69) is 93.7 Å².